The highest BCUT2D eigenvalue weighted by Crippen LogP contribution is 2.33. The largest absolute Gasteiger partial charge is 0.497 e. The van der Waals surface area contributed by atoms with Gasteiger partial charge in [-0.2, -0.15) is 0 Å². The fourth-order valence-electron chi connectivity index (χ4n) is 3.61. The zero-order chi connectivity index (χ0) is 24.1. The highest BCUT2D eigenvalue weighted by atomic mass is 16.6. The minimum absolute atomic E-state index is 0.520. The van der Waals surface area contributed by atoms with Crippen molar-refractivity contribution in [3.05, 3.63) is 78.5 Å². The average Bonchev–Trinajstić information content (AvgIpc) is 2.82. The van der Waals surface area contributed by atoms with Crippen molar-refractivity contribution in [1.29, 1.82) is 0 Å². The molecule has 2 aromatic carbocycles. The van der Waals surface area contributed by atoms with Crippen LogP contribution in [-0.4, -0.2) is 33.8 Å². The van der Waals surface area contributed by atoms with Gasteiger partial charge in [0.25, 0.3) is 0 Å². The van der Waals surface area contributed by atoms with Crippen molar-refractivity contribution < 1.29 is 14.3 Å². The lowest BCUT2D eigenvalue weighted by Gasteiger charge is -2.20. The predicted octanol–water partition coefficient (Wildman–Crippen LogP) is 5.83. The maximum atomic E-state index is 12.6. The van der Waals surface area contributed by atoms with Crippen molar-refractivity contribution in [2.24, 2.45) is 0 Å². The summed E-state index contributed by atoms with van der Waals surface area (Å²) in [6.45, 7) is 5.49. The van der Waals surface area contributed by atoms with E-state index >= 15 is 0 Å². The topological polar surface area (TPSA) is 86.2 Å². The Kier molecular flexibility index (Phi) is 6.72. The van der Waals surface area contributed by atoms with E-state index in [0.29, 0.717) is 17.9 Å². The highest BCUT2D eigenvalue weighted by Gasteiger charge is 2.18. The number of rotatable bonds is 6. The minimum atomic E-state index is -0.606. The minimum Gasteiger partial charge on any atom is -0.497 e. The van der Waals surface area contributed by atoms with Gasteiger partial charge in [0.1, 0.15) is 17.2 Å². The third-order valence-corrected chi connectivity index (χ3v) is 5.16. The number of methoxy groups -OCH3 is 1. The van der Waals surface area contributed by atoms with Crippen LogP contribution in [0.5, 0.6) is 5.75 Å². The number of hydrogen-bond donors (Lipinski definition) is 1. The SMILES string of the molecule is COc1ccc2cc(-c3ccnc(CCc4cccnc4)n3)cc(NC(=O)OC(C)(C)C)c2c1. The first-order chi connectivity index (χ1) is 16.3. The van der Waals surface area contributed by atoms with Gasteiger partial charge in [0.2, 0.25) is 0 Å². The summed E-state index contributed by atoms with van der Waals surface area (Å²) in [6.07, 6.45) is 6.37. The molecule has 0 bridgehead atoms. The fraction of sp³-hybridized carbons (Fsp3) is 0.259. The van der Waals surface area contributed by atoms with Gasteiger partial charge < -0.3 is 9.47 Å². The first-order valence-electron chi connectivity index (χ1n) is 11.1. The summed E-state index contributed by atoms with van der Waals surface area (Å²) >= 11 is 0. The van der Waals surface area contributed by atoms with Crippen LogP contribution in [0.3, 0.4) is 0 Å². The molecule has 0 saturated heterocycles. The van der Waals surface area contributed by atoms with Gasteiger partial charge in [-0.3, -0.25) is 10.3 Å². The Morgan fingerprint density at radius 1 is 1.03 bits per heavy atom. The van der Waals surface area contributed by atoms with Crippen molar-refractivity contribution >= 4 is 22.6 Å². The Hall–Kier alpha value is -4.00. The van der Waals surface area contributed by atoms with Crippen LogP contribution in [0.2, 0.25) is 0 Å². The number of ether oxygens (including phenoxy) is 2. The van der Waals surface area contributed by atoms with E-state index in [1.165, 1.54) is 0 Å². The second-order valence-electron chi connectivity index (χ2n) is 8.96. The monoisotopic (exact) mass is 456 g/mol. The molecule has 1 amide bonds. The molecular formula is C27H28N4O3. The summed E-state index contributed by atoms with van der Waals surface area (Å²) in [6, 6.07) is 15.5. The first kappa shape index (κ1) is 23.2. The molecule has 0 radical (unpaired) electrons. The second kappa shape index (κ2) is 9.87. The van der Waals surface area contributed by atoms with Crippen LogP contribution in [0.4, 0.5) is 10.5 Å². The molecule has 0 aliphatic rings. The number of hydrogen-bond acceptors (Lipinski definition) is 6. The van der Waals surface area contributed by atoms with Gasteiger partial charge in [0.05, 0.1) is 18.5 Å². The van der Waals surface area contributed by atoms with E-state index in [2.05, 4.69) is 15.3 Å². The number of benzene rings is 2. The third kappa shape index (κ3) is 5.86. The summed E-state index contributed by atoms with van der Waals surface area (Å²) in [7, 11) is 1.62. The number of nitrogens with one attached hydrogen (secondary N) is 1. The molecule has 1 N–H and O–H groups in total. The molecule has 0 atom stereocenters. The highest BCUT2D eigenvalue weighted by molar-refractivity contribution is 6.03. The van der Waals surface area contributed by atoms with E-state index in [1.807, 2.05) is 75.5 Å². The van der Waals surface area contributed by atoms with Crippen LogP contribution in [0, 0.1) is 0 Å². The van der Waals surface area contributed by atoms with Gasteiger partial charge in [-0.05, 0) is 74.5 Å². The lowest BCUT2D eigenvalue weighted by atomic mass is 10.0. The van der Waals surface area contributed by atoms with E-state index in [0.717, 1.165) is 39.8 Å². The summed E-state index contributed by atoms with van der Waals surface area (Å²) in [5.74, 6) is 1.45. The number of carbonyl (C=O) groups excluding carboxylic acids is 1. The van der Waals surface area contributed by atoms with Crippen molar-refractivity contribution in [1.82, 2.24) is 15.0 Å². The van der Waals surface area contributed by atoms with Gasteiger partial charge >= 0.3 is 6.09 Å². The zero-order valence-electron chi connectivity index (χ0n) is 19.8. The maximum absolute atomic E-state index is 12.6. The molecule has 0 aliphatic carbocycles. The number of nitrogens with zero attached hydrogens (tertiary/aromatic N) is 3. The summed E-state index contributed by atoms with van der Waals surface area (Å²) in [5.41, 5.74) is 2.80. The normalized spacial score (nSPS) is 11.3. The molecular weight excluding hydrogens is 428 g/mol. The van der Waals surface area contributed by atoms with Gasteiger partial charge in [0, 0.05) is 36.0 Å². The number of anilines is 1. The van der Waals surface area contributed by atoms with Crippen LogP contribution in [0.25, 0.3) is 22.0 Å². The average molecular weight is 457 g/mol. The first-order valence-corrected chi connectivity index (χ1v) is 11.1. The molecule has 0 spiro atoms. The summed E-state index contributed by atoms with van der Waals surface area (Å²) in [4.78, 5) is 25.9. The molecule has 2 aromatic heterocycles. The molecule has 0 unspecified atom stereocenters. The van der Waals surface area contributed by atoms with Crippen molar-refractivity contribution in [2.75, 3.05) is 12.4 Å². The number of fused-ring (bicyclic) bond motifs is 1. The van der Waals surface area contributed by atoms with Gasteiger partial charge in [-0.1, -0.05) is 12.1 Å². The lowest BCUT2D eigenvalue weighted by molar-refractivity contribution is 0.0636. The molecule has 0 saturated carbocycles. The number of amides is 1. The molecule has 0 aliphatic heterocycles. The molecule has 7 heteroatoms. The molecule has 4 rings (SSSR count). The molecule has 0 fully saturated rings. The quantitative estimate of drug-likeness (QED) is 0.393. The summed E-state index contributed by atoms with van der Waals surface area (Å²) in [5, 5.41) is 4.69. The van der Waals surface area contributed by atoms with E-state index in [9.17, 15) is 4.79 Å². The molecule has 2 heterocycles. The van der Waals surface area contributed by atoms with Crippen LogP contribution < -0.4 is 10.1 Å². The van der Waals surface area contributed by atoms with Crippen molar-refractivity contribution in [3.8, 4) is 17.0 Å². The Morgan fingerprint density at radius 2 is 1.88 bits per heavy atom. The number of carbonyl (C=O) groups is 1. The van der Waals surface area contributed by atoms with E-state index in [-0.39, 0.29) is 0 Å². The van der Waals surface area contributed by atoms with E-state index in [4.69, 9.17) is 14.5 Å². The Balaban J connectivity index is 1.68. The zero-order valence-corrected chi connectivity index (χ0v) is 19.8. The number of aromatic nitrogens is 3. The molecule has 4 aromatic rings. The van der Waals surface area contributed by atoms with Crippen LogP contribution in [-0.2, 0) is 17.6 Å². The van der Waals surface area contributed by atoms with Gasteiger partial charge in [-0.25, -0.2) is 14.8 Å². The maximum Gasteiger partial charge on any atom is 0.412 e. The van der Waals surface area contributed by atoms with Crippen LogP contribution >= 0.6 is 0 Å². The van der Waals surface area contributed by atoms with Crippen LogP contribution in [0.15, 0.2) is 67.1 Å². The van der Waals surface area contributed by atoms with Crippen LogP contribution in [0.1, 0.15) is 32.2 Å². The number of pyridine rings is 1. The van der Waals surface area contributed by atoms with Gasteiger partial charge in [-0.15, -0.1) is 0 Å². The van der Waals surface area contributed by atoms with E-state index < -0.39 is 11.7 Å². The molecule has 34 heavy (non-hydrogen) atoms. The second-order valence-corrected chi connectivity index (χ2v) is 8.96. The Morgan fingerprint density at radius 3 is 2.62 bits per heavy atom. The lowest BCUT2D eigenvalue weighted by Crippen LogP contribution is -2.27. The van der Waals surface area contributed by atoms with Crippen molar-refractivity contribution in [2.45, 2.75) is 39.2 Å². The Bertz CT molecular complexity index is 1300. The Labute approximate surface area is 199 Å². The van der Waals surface area contributed by atoms with Crippen molar-refractivity contribution in [3.63, 3.8) is 0 Å². The fourth-order valence-corrected chi connectivity index (χ4v) is 3.61. The standard InChI is InChI=1S/C27H28N4O3/c1-27(2,3)34-26(32)31-24-15-20(14-19-8-9-21(33-4)16-22(19)24)23-11-13-29-25(30-23)10-7-18-6-5-12-28-17-18/h5-6,8-9,11-17H,7,10H2,1-4H3,(H,31,32). The predicted molar refractivity (Wildman–Crippen MR) is 133 cm³/mol. The third-order valence-electron chi connectivity index (χ3n) is 5.16. The smallest absolute Gasteiger partial charge is 0.412 e. The van der Waals surface area contributed by atoms with E-state index in [1.54, 1.807) is 19.5 Å². The molecule has 174 valence electrons. The van der Waals surface area contributed by atoms with Gasteiger partial charge in [0.15, 0.2) is 0 Å². The summed E-state index contributed by atoms with van der Waals surface area (Å²) < 4.78 is 10.9. The number of aryl methyl sites for hydroxylation is 2. The molecule has 7 nitrogen and oxygen atoms in total.